The molecule has 0 aliphatic rings. The third kappa shape index (κ3) is 35.2. The smallest absolute Gasteiger partial charge is 0.317 e. The Morgan fingerprint density at radius 1 is 1.11 bits per heavy atom. The largest absolute Gasteiger partial charge is 0.356 e. The average molecular weight is 536 g/mol. The Kier molecular flexibility index (Phi) is 40.4. The van der Waals surface area contributed by atoms with Gasteiger partial charge in [-0.05, 0) is 58.4 Å². The predicted molar refractivity (Wildman–Crippen MR) is 172 cm³/mol. The highest BCUT2D eigenvalue weighted by molar-refractivity contribution is 5.75. The van der Waals surface area contributed by atoms with E-state index in [4.69, 9.17) is 0 Å². The monoisotopic (exact) mass is 535 g/mol. The van der Waals surface area contributed by atoms with Crippen LogP contribution in [0, 0.1) is 5.41 Å². The summed E-state index contributed by atoms with van der Waals surface area (Å²) in [5, 5.41) is 5.67. The van der Waals surface area contributed by atoms with E-state index in [-0.39, 0.29) is 17.4 Å². The summed E-state index contributed by atoms with van der Waals surface area (Å²) in [6, 6.07) is -0.0480. The standard InChI is InChI=1S/C17H30N2O.C8H14N2O.C3H6.C2H6.CH5N/c1-8-10-15(14(3)4)13-19(7)16(20)18-12-11-17(5,6)9-2;1-3-10-8(11)6-4-5-7-9-2;1-3-2;2*1-2/h8,10H,1,3,9,11-13H2,2,4-7H3,(H,18,20);5,7H,2-4,6H2,1H3,(H,10,11);3H,1H2,2H3;1-2H3;2H2,1H3/b15-10-;7-5+;;;. The molecule has 0 rings (SSSR count). The number of carbonyl (C=O) groups excluding carboxylic acids is 2. The summed E-state index contributed by atoms with van der Waals surface area (Å²) in [5.41, 5.74) is 6.75. The van der Waals surface area contributed by atoms with E-state index < -0.39 is 0 Å². The van der Waals surface area contributed by atoms with Crippen LogP contribution < -0.4 is 16.4 Å². The Bertz CT molecular complexity index is 680. The molecule has 4 N–H and O–H groups in total. The first kappa shape index (κ1) is 45.0. The van der Waals surface area contributed by atoms with Crippen LogP contribution in [0.2, 0.25) is 0 Å². The molecule has 0 saturated heterocycles. The van der Waals surface area contributed by atoms with Crippen molar-refractivity contribution in [3.8, 4) is 0 Å². The molecular formula is C31H61N5O2. The molecule has 222 valence electrons. The number of likely N-dealkylation sites (N-methyl/N-ethyl adjacent to an activating group) is 1. The lowest BCUT2D eigenvalue weighted by atomic mass is 9.87. The van der Waals surface area contributed by atoms with Gasteiger partial charge in [-0.15, -0.1) is 6.58 Å². The van der Waals surface area contributed by atoms with Crippen molar-refractivity contribution in [1.82, 2.24) is 15.5 Å². The molecule has 0 heterocycles. The van der Waals surface area contributed by atoms with Gasteiger partial charge in [0.2, 0.25) is 5.91 Å². The molecule has 0 aromatic rings. The van der Waals surface area contributed by atoms with Gasteiger partial charge in [0.25, 0.3) is 0 Å². The van der Waals surface area contributed by atoms with E-state index in [1.165, 1.54) is 7.05 Å². The molecule has 0 aromatic carbocycles. The highest BCUT2D eigenvalue weighted by atomic mass is 16.2. The van der Waals surface area contributed by atoms with E-state index >= 15 is 0 Å². The summed E-state index contributed by atoms with van der Waals surface area (Å²) in [7, 11) is 3.29. The SMILES string of the molecule is C=C/C=C(/CN(C)C(=O)NCCC(C)(C)CC)C(=C)C.C=CC.C=N/C=C/CCC(=O)NCC.CC.CN. The van der Waals surface area contributed by atoms with Crippen LogP contribution >= 0.6 is 0 Å². The molecular weight excluding hydrogens is 474 g/mol. The average Bonchev–Trinajstić information content (AvgIpc) is 2.89. The Hall–Kier alpha value is -2.93. The fourth-order valence-corrected chi connectivity index (χ4v) is 2.27. The quantitative estimate of drug-likeness (QED) is 0.134. The Labute approximate surface area is 236 Å². The van der Waals surface area contributed by atoms with Crippen molar-refractivity contribution >= 4 is 18.7 Å². The first-order valence-electron chi connectivity index (χ1n) is 13.4. The number of carbonyl (C=O) groups is 2. The minimum absolute atomic E-state index is 0.0480. The van der Waals surface area contributed by atoms with Crippen molar-refractivity contribution in [3.05, 3.63) is 61.4 Å². The molecule has 7 heteroatoms. The second-order valence-electron chi connectivity index (χ2n) is 8.53. The lowest BCUT2D eigenvalue weighted by Gasteiger charge is -2.24. The van der Waals surface area contributed by atoms with Gasteiger partial charge in [0.15, 0.2) is 0 Å². The zero-order valence-electron chi connectivity index (χ0n) is 26.5. The summed E-state index contributed by atoms with van der Waals surface area (Å²) >= 11 is 0. The van der Waals surface area contributed by atoms with Gasteiger partial charge in [-0.2, -0.15) is 0 Å². The first-order chi connectivity index (χ1) is 18.0. The van der Waals surface area contributed by atoms with Crippen LogP contribution in [0.1, 0.15) is 81.1 Å². The lowest BCUT2D eigenvalue weighted by molar-refractivity contribution is -0.120. The summed E-state index contributed by atoms with van der Waals surface area (Å²) in [6.07, 6.45) is 12.1. The van der Waals surface area contributed by atoms with Crippen molar-refractivity contribution in [3.63, 3.8) is 0 Å². The number of hydrogen-bond acceptors (Lipinski definition) is 4. The second kappa shape index (κ2) is 34.1. The topological polar surface area (TPSA) is 99.8 Å². The Balaban J connectivity index is -0.000000169. The number of nitrogens with zero attached hydrogens (tertiary/aromatic N) is 2. The molecule has 0 fully saturated rings. The fourth-order valence-electron chi connectivity index (χ4n) is 2.27. The number of rotatable bonds is 13. The minimum atomic E-state index is -0.0480. The normalized spacial score (nSPS) is 9.82. The molecule has 38 heavy (non-hydrogen) atoms. The van der Waals surface area contributed by atoms with Crippen molar-refractivity contribution in [2.45, 2.75) is 81.1 Å². The second-order valence-corrected chi connectivity index (χ2v) is 8.53. The molecule has 0 saturated carbocycles. The van der Waals surface area contributed by atoms with E-state index in [0.29, 0.717) is 26.1 Å². The molecule has 0 atom stereocenters. The number of allylic oxidation sites excluding steroid dienone is 4. The molecule has 0 aliphatic carbocycles. The maximum atomic E-state index is 12.0. The molecule has 3 amide bonds. The van der Waals surface area contributed by atoms with Crippen LogP contribution in [0.25, 0.3) is 0 Å². The van der Waals surface area contributed by atoms with Crippen molar-refractivity contribution in [2.75, 3.05) is 33.7 Å². The van der Waals surface area contributed by atoms with Gasteiger partial charge in [0, 0.05) is 39.3 Å². The first-order valence-corrected chi connectivity index (χ1v) is 13.4. The van der Waals surface area contributed by atoms with Gasteiger partial charge in [-0.3, -0.25) is 9.79 Å². The summed E-state index contributed by atoms with van der Waals surface area (Å²) < 4.78 is 0. The van der Waals surface area contributed by atoms with Gasteiger partial charge in [-0.25, -0.2) is 4.79 Å². The molecule has 0 bridgehead atoms. The molecule has 7 nitrogen and oxygen atoms in total. The Morgan fingerprint density at radius 2 is 1.63 bits per heavy atom. The molecule has 0 radical (unpaired) electrons. The zero-order chi connectivity index (χ0) is 31.0. The third-order valence-electron chi connectivity index (χ3n) is 4.78. The van der Waals surface area contributed by atoms with Crippen LogP contribution in [0.4, 0.5) is 4.79 Å². The number of nitrogens with one attached hydrogen (secondary N) is 2. The number of nitrogens with two attached hydrogens (primary N) is 1. The molecule has 0 aliphatic heterocycles. The summed E-state index contributed by atoms with van der Waals surface area (Å²) in [6.45, 7) is 32.5. The van der Waals surface area contributed by atoms with Gasteiger partial charge in [0.05, 0.1) is 0 Å². The highest BCUT2D eigenvalue weighted by Gasteiger charge is 2.16. The van der Waals surface area contributed by atoms with E-state index in [9.17, 15) is 9.59 Å². The van der Waals surface area contributed by atoms with Crippen molar-refractivity contribution in [1.29, 1.82) is 0 Å². The summed E-state index contributed by atoms with van der Waals surface area (Å²) in [5.74, 6) is 0.0845. The fraction of sp³-hybridized carbons (Fsp3) is 0.581. The van der Waals surface area contributed by atoms with Crippen LogP contribution in [0.15, 0.2) is 66.4 Å². The van der Waals surface area contributed by atoms with E-state index in [2.05, 4.69) is 68.6 Å². The number of hydrogen-bond donors (Lipinski definition) is 3. The highest BCUT2D eigenvalue weighted by Crippen LogP contribution is 2.23. The van der Waals surface area contributed by atoms with E-state index in [1.54, 1.807) is 30.3 Å². The maximum absolute atomic E-state index is 12.0. The van der Waals surface area contributed by atoms with Crippen LogP contribution in [0.5, 0.6) is 0 Å². The van der Waals surface area contributed by atoms with Crippen LogP contribution in [-0.2, 0) is 4.79 Å². The van der Waals surface area contributed by atoms with E-state index in [1.807, 2.05) is 46.8 Å². The van der Waals surface area contributed by atoms with Crippen LogP contribution in [-0.4, -0.2) is 57.3 Å². The number of aliphatic imine (C=N–C) groups is 1. The van der Waals surface area contributed by atoms with Crippen molar-refractivity contribution in [2.24, 2.45) is 16.1 Å². The van der Waals surface area contributed by atoms with Gasteiger partial charge < -0.3 is 21.3 Å². The lowest BCUT2D eigenvalue weighted by Crippen LogP contribution is -2.39. The zero-order valence-corrected chi connectivity index (χ0v) is 26.5. The molecule has 0 spiro atoms. The van der Waals surface area contributed by atoms with Gasteiger partial charge in [-0.1, -0.05) is 84.1 Å². The number of urea groups is 1. The predicted octanol–water partition coefficient (Wildman–Crippen LogP) is 7.05. The molecule has 0 aromatic heterocycles. The molecule has 0 unspecified atom stereocenters. The summed E-state index contributed by atoms with van der Waals surface area (Å²) in [4.78, 5) is 28.0. The van der Waals surface area contributed by atoms with Gasteiger partial charge >= 0.3 is 6.03 Å². The maximum Gasteiger partial charge on any atom is 0.317 e. The van der Waals surface area contributed by atoms with Crippen molar-refractivity contribution < 1.29 is 9.59 Å². The third-order valence-corrected chi connectivity index (χ3v) is 4.78. The minimum Gasteiger partial charge on any atom is -0.356 e. The van der Waals surface area contributed by atoms with Gasteiger partial charge in [0.1, 0.15) is 0 Å². The number of amides is 3. The van der Waals surface area contributed by atoms with E-state index in [0.717, 1.165) is 30.4 Å². The Morgan fingerprint density at radius 3 is 2.03 bits per heavy atom. The van der Waals surface area contributed by atoms with Crippen LogP contribution in [0.3, 0.4) is 0 Å².